The molecule has 1 aliphatic carbocycles. The number of nitrogens with one attached hydrogen (secondary N) is 3. The number of nitrogens with zero attached hydrogens (tertiary/aromatic N) is 5. The zero-order chi connectivity index (χ0) is 79.0. The number of nitrogens with two attached hydrogens (primary N) is 1. The van der Waals surface area contributed by atoms with E-state index in [4.69, 9.17) is 14.6 Å². The van der Waals surface area contributed by atoms with Crippen LogP contribution in [0.4, 0.5) is 21.3 Å². The van der Waals surface area contributed by atoms with E-state index in [9.17, 15) is 79.5 Å². The molecule has 0 unspecified atom stereocenters. The van der Waals surface area contributed by atoms with Crippen molar-refractivity contribution in [2.45, 2.75) is 188 Å². The molecule has 0 bridgehead atoms. The average molecular weight is 1610 g/mol. The minimum Gasteiger partial charge on any atom is -0.457 e. The molecule has 3 amide bonds. The van der Waals surface area contributed by atoms with Crippen LogP contribution in [0.3, 0.4) is 0 Å². The molecule has 35 heteroatoms. The molecule has 0 radical (unpaired) electrons. The van der Waals surface area contributed by atoms with Crippen LogP contribution in [0, 0.1) is 0 Å². The third-order valence-corrected chi connectivity index (χ3v) is 24.2. The van der Waals surface area contributed by atoms with Gasteiger partial charge in [0.2, 0.25) is 32.9 Å². The lowest BCUT2D eigenvalue weighted by Crippen LogP contribution is -2.45. The maximum atomic E-state index is 13.8. The highest BCUT2D eigenvalue weighted by molar-refractivity contribution is 7.91. The summed E-state index contributed by atoms with van der Waals surface area (Å²) in [5, 5.41) is 21.3. The molecule has 6 aromatic rings. The maximum Gasteiger partial charge on any atom is 0.419 e. The Kier molecular flexibility index (Phi) is 26.6. The fraction of sp³-hybridized carbons (Fsp3) is 0.438. The molecule has 0 fully saturated rings. The van der Waals surface area contributed by atoms with Gasteiger partial charge in [0.1, 0.15) is 29.7 Å². The molecule has 1 atom stereocenters. The first-order valence-corrected chi connectivity index (χ1v) is 43.6. The average Bonchev–Trinajstić information content (AvgIpc) is 1.59. The predicted octanol–water partition coefficient (Wildman–Crippen LogP) is 10.6. The number of hydrogen-bond donors (Lipinski definition) is 8. The van der Waals surface area contributed by atoms with E-state index in [0.29, 0.717) is 138 Å². The summed E-state index contributed by atoms with van der Waals surface area (Å²) >= 11 is 0.543. The molecule has 0 saturated carbocycles. The molecule has 584 valence electrons. The Bertz CT molecular complexity index is 5190. The zero-order valence-corrected chi connectivity index (χ0v) is 65.9. The van der Waals surface area contributed by atoms with Crippen LogP contribution in [0.2, 0.25) is 0 Å². The minimum absolute atomic E-state index is 0.0703. The third kappa shape index (κ3) is 22.2. The molecule has 4 aromatic carbocycles. The number of hydrogen-bond acceptors (Lipinski definition) is 20. The van der Waals surface area contributed by atoms with Gasteiger partial charge in [-0.15, -0.1) is 10.2 Å². The van der Waals surface area contributed by atoms with Crippen LogP contribution in [-0.2, 0) is 93.3 Å². The molecule has 2 aliphatic heterocycles. The fourth-order valence-corrected chi connectivity index (χ4v) is 16.9. The van der Waals surface area contributed by atoms with Gasteiger partial charge in [-0.2, -0.15) is 38.2 Å². The van der Waals surface area contributed by atoms with Gasteiger partial charge in [-0.3, -0.25) is 42.5 Å². The first kappa shape index (κ1) is 83.7. The predicted molar refractivity (Wildman–Crippen MR) is 408 cm³/mol. The topological polar surface area (TPSA) is 437 Å². The molecule has 9 rings (SSSR count). The molecule has 108 heavy (non-hydrogen) atoms. The molecule has 0 spiro atoms. The Hall–Kier alpha value is -8.36. The van der Waals surface area contributed by atoms with Gasteiger partial charge in [-0.1, -0.05) is 80.9 Å². The summed E-state index contributed by atoms with van der Waals surface area (Å²) in [6.45, 7) is 13.8. The second-order valence-electron chi connectivity index (χ2n) is 28.9. The number of para-hydroxylation sites is 1. The number of rotatable bonds is 34. The van der Waals surface area contributed by atoms with Crippen LogP contribution in [0.25, 0.3) is 10.9 Å². The van der Waals surface area contributed by atoms with Crippen molar-refractivity contribution in [1.82, 2.24) is 25.4 Å². The maximum absolute atomic E-state index is 13.8. The number of fused-ring (bicyclic) bond motifs is 3. The lowest BCUT2D eigenvalue weighted by molar-refractivity contribution is -0.438. The third-order valence-electron chi connectivity index (χ3n) is 18.8. The van der Waals surface area contributed by atoms with Crippen molar-refractivity contribution < 1.29 is 93.5 Å². The van der Waals surface area contributed by atoms with Gasteiger partial charge < -0.3 is 25.0 Å². The number of unbranched alkanes of at least 4 members (excludes halogenated alkanes) is 6. The summed E-state index contributed by atoms with van der Waals surface area (Å²) in [4.78, 5) is 55.2. The summed E-state index contributed by atoms with van der Waals surface area (Å²) < 4.78 is 175. The number of ether oxygens (including phenoxy) is 2. The van der Waals surface area contributed by atoms with E-state index < -0.39 is 107 Å². The number of allylic oxidation sites excluding steroid dienone is 7. The van der Waals surface area contributed by atoms with E-state index in [1.807, 2.05) is 73.6 Å². The van der Waals surface area contributed by atoms with Gasteiger partial charge in [0, 0.05) is 84.9 Å². The first-order valence-electron chi connectivity index (χ1n) is 35.2. The van der Waals surface area contributed by atoms with Gasteiger partial charge in [-0.25, -0.2) is 18.4 Å². The molecule has 2 aromatic heterocycles. The normalized spacial score (nSPS) is 16.5. The van der Waals surface area contributed by atoms with Crippen molar-refractivity contribution in [2.75, 3.05) is 41.4 Å². The van der Waals surface area contributed by atoms with E-state index in [-0.39, 0.29) is 66.0 Å². The highest BCUT2D eigenvalue weighted by atomic mass is 32.3. The van der Waals surface area contributed by atoms with Gasteiger partial charge in [0.25, 0.3) is 50.5 Å². The number of anilines is 2. The van der Waals surface area contributed by atoms with Gasteiger partial charge in [0.15, 0.2) is 5.71 Å². The highest BCUT2D eigenvalue weighted by Crippen LogP contribution is 2.49. The number of primary sulfonamides is 1. The van der Waals surface area contributed by atoms with Gasteiger partial charge in [-0.05, 0) is 181 Å². The quantitative estimate of drug-likeness (QED) is 0.00805. The zero-order valence-electron chi connectivity index (χ0n) is 61.0. The number of aromatic nitrogens is 3. The Morgan fingerprint density at radius 2 is 1.36 bits per heavy atom. The minimum atomic E-state index is -4.61. The van der Waals surface area contributed by atoms with Crippen LogP contribution in [0.15, 0.2) is 152 Å². The van der Waals surface area contributed by atoms with Crippen LogP contribution in [-0.4, -0.2) is 152 Å². The van der Waals surface area contributed by atoms with E-state index >= 15 is 0 Å². The van der Waals surface area contributed by atoms with E-state index in [0.717, 1.165) is 29.6 Å². The largest absolute Gasteiger partial charge is 0.457 e. The number of carbonyl (C=O) groups excluding carboxylic acids is 4. The molecule has 0 saturated heterocycles. The Labute approximate surface area is 633 Å². The first-order chi connectivity index (χ1) is 50.5. The monoisotopic (exact) mass is 1610 g/mol. The summed E-state index contributed by atoms with van der Waals surface area (Å²) in [6.07, 6.45) is 15.0. The number of carbonyl (C=O) groups is 4. The molecule has 9 N–H and O–H groups in total. The summed E-state index contributed by atoms with van der Waals surface area (Å²) in [5.41, 5.74) is 4.71. The molecule has 3 aliphatic rings. The lowest BCUT2D eigenvalue weighted by atomic mass is 9.81. The summed E-state index contributed by atoms with van der Waals surface area (Å²) in [6, 6.07) is 21.7. The number of aryl methyl sites for hydroxylation is 1. The van der Waals surface area contributed by atoms with E-state index in [1.165, 1.54) is 28.8 Å². The molecule has 29 nitrogen and oxygen atoms in total. The van der Waals surface area contributed by atoms with Gasteiger partial charge >= 0.3 is 6.09 Å². The van der Waals surface area contributed by atoms with Crippen LogP contribution in [0.1, 0.15) is 161 Å². The van der Waals surface area contributed by atoms with Crippen LogP contribution < -0.4 is 30.7 Å². The molecular weight excluding hydrogens is 1520 g/mol. The van der Waals surface area contributed by atoms with E-state index in [2.05, 4.69) is 26.1 Å². The van der Waals surface area contributed by atoms with Gasteiger partial charge in [0.05, 0.1) is 32.2 Å². The molecule has 4 heterocycles. The molecular formula is C73H92N9O20S6+. The van der Waals surface area contributed by atoms with Crippen molar-refractivity contribution in [2.24, 2.45) is 5.14 Å². The van der Waals surface area contributed by atoms with Crippen LogP contribution in [0.5, 0.6) is 5.75 Å². The fourth-order valence-electron chi connectivity index (χ4n) is 13.4. The summed E-state index contributed by atoms with van der Waals surface area (Å²) in [5.74, 6) is -1.29. The Balaban J connectivity index is 0.864. The van der Waals surface area contributed by atoms with Crippen molar-refractivity contribution in [1.29, 1.82) is 0 Å². The Morgan fingerprint density at radius 1 is 0.713 bits per heavy atom. The number of sulfonamides is 1. The van der Waals surface area contributed by atoms with E-state index in [1.54, 1.807) is 75.5 Å². The second kappa shape index (κ2) is 34.3. The van der Waals surface area contributed by atoms with Crippen molar-refractivity contribution in [3.8, 4) is 5.75 Å². The van der Waals surface area contributed by atoms with Crippen molar-refractivity contribution in [3.63, 3.8) is 0 Å². The second-order valence-corrected chi connectivity index (χ2v) is 37.6. The number of benzene rings is 4. The number of amides is 3. The van der Waals surface area contributed by atoms with Crippen molar-refractivity contribution >= 4 is 119 Å². The Morgan fingerprint density at radius 3 is 2.02 bits per heavy atom. The lowest BCUT2D eigenvalue weighted by Gasteiger charge is -2.27. The van der Waals surface area contributed by atoms with Crippen LogP contribution >= 0.6 is 11.3 Å². The summed E-state index contributed by atoms with van der Waals surface area (Å²) in [7, 11) is -22.0. The smallest absolute Gasteiger partial charge is 0.419 e. The standard InChI is InChI=1S/C73H91N9O20S6/c1-71(2,3)102-70(86)82-47-51(55-22-12-13-23-59(55)82)44-58(67(85)77-68-78-79-69(103-68)106(74,93)94)76-65(84)24-11-9-8-10-14-39-75-64(83)38-27-48-25-30-52(31-26-48)101-66-49(28-36-62-72(4,5)56-45-53(107(95,96)97)32-34-60(56)80(62)40-15-17-42-104(87,88)89)20-19-21-50(66)29-37-63-73(6,7)57-46-54(108(98,99)100)33-35-61(57)81(63)41-16-18-43-105(90,91)92/h12-13,22-23,25-26,28-37,45-47,58H,8-11,14-21,24,27,38-44H2,1-7H3,(H8-,74,75,76,77,78,83,84,85,87,88,89,90,91,92,93,94,95,96,97,98,99,100)/p+1/t58-/m0/s1. The highest BCUT2D eigenvalue weighted by Gasteiger charge is 2.46. The SMILES string of the molecule is CC(C)(C)OC(=O)n1cc(C[C@H](NC(=O)CCCCCCCNC(=O)CCc2ccc(OC3=C(C=CC4=[N+](CCCCS(=O)(=O)O)c5ccc(S(=O)(=O)O)cc5C4(C)C)CCCC3=CC=C3N(CCCCS(=O)(=O)O)c4ccc(S(=O)(=O)O)cc4C3(C)C)cc2)C(=O)Nc2nnc(S(N)(=O)=O)s2)c2ccccc21. The van der Waals surface area contributed by atoms with Crippen molar-refractivity contribution in [3.05, 3.63) is 160 Å².